The quantitative estimate of drug-likeness (QED) is 0.240. The molecule has 1 saturated heterocycles. The van der Waals surface area contributed by atoms with Gasteiger partial charge in [0.2, 0.25) is 0 Å². The van der Waals surface area contributed by atoms with Crippen LogP contribution in [0.25, 0.3) is 11.1 Å². The molecular formula is C35H48N4O2. The Morgan fingerprint density at radius 1 is 0.976 bits per heavy atom. The van der Waals surface area contributed by atoms with Gasteiger partial charge in [0, 0.05) is 48.2 Å². The molecule has 6 nitrogen and oxygen atoms in total. The Morgan fingerprint density at radius 3 is 2.22 bits per heavy atom. The molecule has 1 fully saturated rings. The van der Waals surface area contributed by atoms with Crippen molar-refractivity contribution in [2.45, 2.75) is 92.8 Å². The number of amides is 1. The van der Waals surface area contributed by atoms with Crippen LogP contribution in [0.1, 0.15) is 91.2 Å². The molecule has 4 rings (SSSR count). The van der Waals surface area contributed by atoms with E-state index >= 15 is 0 Å². The number of aromatic nitrogens is 1. The van der Waals surface area contributed by atoms with Gasteiger partial charge in [-0.25, -0.2) is 0 Å². The van der Waals surface area contributed by atoms with Gasteiger partial charge >= 0.3 is 0 Å². The molecule has 2 heterocycles. The Kier molecular flexibility index (Phi) is 10.4. The first-order chi connectivity index (χ1) is 19.7. The summed E-state index contributed by atoms with van der Waals surface area (Å²) in [6, 6.07) is 15.5. The predicted molar refractivity (Wildman–Crippen MR) is 171 cm³/mol. The second kappa shape index (κ2) is 14.0. The summed E-state index contributed by atoms with van der Waals surface area (Å²) < 4.78 is 0. The van der Waals surface area contributed by atoms with Gasteiger partial charge in [0.1, 0.15) is 0 Å². The first kappa shape index (κ1) is 30.6. The maximum Gasteiger partial charge on any atom is 0.253 e. The molecular weight excluding hydrogens is 508 g/mol. The zero-order valence-electron chi connectivity index (χ0n) is 25.9. The second-order valence-corrected chi connectivity index (χ2v) is 11.6. The van der Waals surface area contributed by atoms with E-state index < -0.39 is 0 Å². The molecule has 1 amide bonds. The Morgan fingerprint density at radius 2 is 1.66 bits per heavy atom. The number of likely N-dealkylation sites (tertiary alicyclic amines) is 1. The maximum absolute atomic E-state index is 13.8. The van der Waals surface area contributed by atoms with Crippen molar-refractivity contribution in [3.8, 4) is 11.1 Å². The van der Waals surface area contributed by atoms with E-state index in [1.54, 1.807) is 0 Å². The molecule has 0 spiro atoms. The summed E-state index contributed by atoms with van der Waals surface area (Å²) in [7, 11) is 0. The fraction of sp³-hybridized carbons (Fsp3) is 0.486. The van der Waals surface area contributed by atoms with Crippen molar-refractivity contribution in [1.82, 2.24) is 15.2 Å². The standard InChI is InChI=1S/C35H48N4O2/c1-7-11-30(12-8-2)39(9-3)33-21-29(28-15-13-27(14-16-28)23-38-17-10-18-38)20-31(26(33)6)34(40)36-22-32-24(4)19-25(5)37-35(32)41/h13-16,19-21,30H,7-12,17-18,22-23H2,1-6H3,(H,36,40)(H,37,41). The molecule has 2 N–H and O–H groups in total. The highest BCUT2D eigenvalue weighted by Gasteiger charge is 2.23. The van der Waals surface area contributed by atoms with Gasteiger partial charge < -0.3 is 15.2 Å². The molecule has 1 aliphatic rings. The number of carbonyl (C=O) groups excluding carboxylic acids is 1. The lowest BCUT2D eigenvalue weighted by atomic mass is 9.94. The number of nitrogens with zero attached hydrogens (tertiary/aromatic N) is 2. The second-order valence-electron chi connectivity index (χ2n) is 11.6. The van der Waals surface area contributed by atoms with E-state index in [2.05, 4.69) is 78.1 Å². The van der Waals surface area contributed by atoms with Gasteiger partial charge in [-0.1, -0.05) is 51.0 Å². The lowest BCUT2D eigenvalue weighted by Crippen LogP contribution is -2.36. The van der Waals surface area contributed by atoms with Crippen LogP contribution in [0.5, 0.6) is 0 Å². The lowest BCUT2D eigenvalue weighted by molar-refractivity contribution is 0.0950. The van der Waals surface area contributed by atoms with Crippen LogP contribution in [-0.2, 0) is 13.1 Å². The number of hydrogen-bond donors (Lipinski definition) is 2. The third-order valence-electron chi connectivity index (χ3n) is 8.52. The molecule has 0 unspecified atom stereocenters. The molecule has 1 aliphatic heterocycles. The minimum atomic E-state index is -0.155. The molecule has 6 heteroatoms. The van der Waals surface area contributed by atoms with Crippen LogP contribution < -0.4 is 15.8 Å². The molecule has 0 aliphatic carbocycles. The zero-order valence-corrected chi connectivity index (χ0v) is 25.9. The van der Waals surface area contributed by atoms with Crippen LogP contribution >= 0.6 is 0 Å². The van der Waals surface area contributed by atoms with Gasteiger partial charge in [0.05, 0.1) is 0 Å². The molecule has 0 bridgehead atoms. The Hall–Kier alpha value is -3.38. The molecule has 0 radical (unpaired) electrons. The molecule has 1 aromatic heterocycles. The van der Waals surface area contributed by atoms with Crippen molar-refractivity contribution in [1.29, 1.82) is 0 Å². The lowest BCUT2D eigenvalue weighted by Gasteiger charge is -2.35. The van der Waals surface area contributed by atoms with Gasteiger partial charge in [-0.3, -0.25) is 14.5 Å². The number of anilines is 1. The van der Waals surface area contributed by atoms with Crippen LogP contribution in [0.15, 0.2) is 47.3 Å². The summed E-state index contributed by atoms with van der Waals surface area (Å²) in [5, 5.41) is 3.06. The van der Waals surface area contributed by atoms with Crippen molar-refractivity contribution in [3.05, 3.63) is 86.3 Å². The number of nitrogens with one attached hydrogen (secondary N) is 2. The largest absolute Gasteiger partial charge is 0.369 e. The number of pyridine rings is 1. The van der Waals surface area contributed by atoms with E-state index in [1.807, 2.05) is 26.0 Å². The normalized spacial score (nSPS) is 13.3. The molecule has 0 atom stereocenters. The van der Waals surface area contributed by atoms with E-state index in [4.69, 9.17) is 0 Å². The van der Waals surface area contributed by atoms with E-state index in [0.717, 1.165) is 72.4 Å². The number of benzene rings is 2. The first-order valence-corrected chi connectivity index (χ1v) is 15.5. The van der Waals surface area contributed by atoms with Gasteiger partial charge in [-0.15, -0.1) is 0 Å². The monoisotopic (exact) mass is 556 g/mol. The van der Waals surface area contributed by atoms with E-state index in [0.29, 0.717) is 17.2 Å². The molecule has 220 valence electrons. The Labute approximate surface area is 246 Å². The smallest absolute Gasteiger partial charge is 0.253 e. The molecule has 2 aromatic carbocycles. The van der Waals surface area contributed by atoms with Crippen LogP contribution in [0.4, 0.5) is 5.69 Å². The van der Waals surface area contributed by atoms with Gasteiger partial charge in [-0.05, 0) is 106 Å². The summed E-state index contributed by atoms with van der Waals surface area (Å²) >= 11 is 0. The van der Waals surface area contributed by atoms with Gasteiger partial charge in [0.25, 0.3) is 11.5 Å². The maximum atomic E-state index is 13.8. The van der Waals surface area contributed by atoms with Gasteiger partial charge in [0.15, 0.2) is 0 Å². The van der Waals surface area contributed by atoms with E-state index in [9.17, 15) is 9.59 Å². The van der Waals surface area contributed by atoms with E-state index in [-0.39, 0.29) is 18.0 Å². The number of aromatic amines is 1. The highest BCUT2D eigenvalue weighted by molar-refractivity contribution is 5.99. The van der Waals surface area contributed by atoms with Crippen LogP contribution in [-0.4, -0.2) is 41.5 Å². The average molecular weight is 557 g/mol. The molecule has 41 heavy (non-hydrogen) atoms. The number of carbonyl (C=O) groups is 1. The highest BCUT2D eigenvalue weighted by Crippen LogP contribution is 2.34. The summed E-state index contributed by atoms with van der Waals surface area (Å²) in [6.07, 6.45) is 5.77. The minimum Gasteiger partial charge on any atom is -0.369 e. The number of H-pyrrole nitrogens is 1. The summed E-state index contributed by atoms with van der Waals surface area (Å²) in [6.45, 7) is 17.0. The Balaban J connectivity index is 1.71. The van der Waals surface area contributed by atoms with Gasteiger partial charge in [-0.2, -0.15) is 0 Å². The van der Waals surface area contributed by atoms with E-state index in [1.165, 1.54) is 25.1 Å². The third kappa shape index (κ3) is 7.28. The number of hydrogen-bond acceptors (Lipinski definition) is 4. The fourth-order valence-electron chi connectivity index (χ4n) is 6.11. The molecule has 3 aromatic rings. The number of aryl methyl sites for hydroxylation is 2. The SMILES string of the molecule is CCCC(CCC)N(CC)c1cc(-c2ccc(CN3CCC3)cc2)cc(C(=O)NCc2c(C)cc(C)[nH]c2=O)c1C. The van der Waals surface area contributed by atoms with Crippen molar-refractivity contribution >= 4 is 11.6 Å². The highest BCUT2D eigenvalue weighted by atomic mass is 16.1. The minimum absolute atomic E-state index is 0.147. The fourth-order valence-corrected chi connectivity index (χ4v) is 6.11. The first-order valence-electron chi connectivity index (χ1n) is 15.5. The topological polar surface area (TPSA) is 68.4 Å². The predicted octanol–water partition coefficient (Wildman–Crippen LogP) is 6.90. The average Bonchev–Trinajstić information content (AvgIpc) is 2.92. The van der Waals surface area contributed by atoms with Crippen molar-refractivity contribution in [2.24, 2.45) is 0 Å². The van der Waals surface area contributed by atoms with Crippen LogP contribution in [0.2, 0.25) is 0 Å². The van der Waals surface area contributed by atoms with Crippen LogP contribution in [0.3, 0.4) is 0 Å². The van der Waals surface area contributed by atoms with Crippen molar-refractivity contribution in [3.63, 3.8) is 0 Å². The summed E-state index contributed by atoms with van der Waals surface area (Å²) in [5.41, 5.74) is 8.38. The number of rotatable bonds is 13. The van der Waals surface area contributed by atoms with Crippen molar-refractivity contribution in [2.75, 3.05) is 24.5 Å². The molecule has 0 saturated carbocycles. The van der Waals surface area contributed by atoms with Crippen molar-refractivity contribution < 1.29 is 4.79 Å². The summed E-state index contributed by atoms with van der Waals surface area (Å²) in [4.78, 5) is 34.2. The van der Waals surface area contributed by atoms with Crippen LogP contribution in [0, 0.1) is 20.8 Å². The third-order valence-corrected chi connectivity index (χ3v) is 8.52. The summed E-state index contributed by atoms with van der Waals surface area (Å²) in [5.74, 6) is -0.155. The zero-order chi connectivity index (χ0) is 29.5. The Bertz CT molecular complexity index is 1380.